The van der Waals surface area contributed by atoms with Crippen molar-refractivity contribution in [3.63, 3.8) is 0 Å². The number of rotatable bonds is 12. The summed E-state index contributed by atoms with van der Waals surface area (Å²) in [5, 5.41) is 15.4. The highest BCUT2D eigenvalue weighted by Crippen LogP contribution is 2.40. The van der Waals surface area contributed by atoms with E-state index in [1.807, 2.05) is 106 Å². The summed E-state index contributed by atoms with van der Waals surface area (Å²) in [6.45, 7) is 7.50. The fourth-order valence-corrected chi connectivity index (χ4v) is 5.85. The molecule has 1 aliphatic rings. The molecule has 9 heteroatoms. The summed E-state index contributed by atoms with van der Waals surface area (Å²) in [6.07, 6.45) is -0.631. The van der Waals surface area contributed by atoms with Crippen LogP contribution in [-0.4, -0.2) is 58.6 Å². The number of nitrogens with one attached hydrogen (secondary N) is 2. The van der Waals surface area contributed by atoms with Crippen LogP contribution in [0, 0.1) is 5.41 Å². The molecular formula is C36H43N3O6. The predicted molar refractivity (Wildman–Crippen MR) is 173 cm³/mol. The third-order valence-electron chi connectivity index (χ3n) is 8.74. The molecule has 9 nitrogen and oxygen atoms in total. The number of ether oxygens (including phenoxy) is 1. The van der Waals surface area contributed by atoms with Gasteiger partial charge in [-0.2, -0.15) is 0 Å². The Morgan fingerprint density at radius 3 is 2.11 bits per heavy atom. The van der Waals surface area contributed by atoms with Crippen molar-refractivity contribution in [3.05, 3.63) is 96.1 Å². The standard InChI is InChI=1S/C36H43N3O6/c1-5-6-17-29(32(40)33(41)37-24(2)26-13-9-7-10-14-26)38-34(42)45-31-23-39(35(43)44)30(36(31,3)4)22-25-18-20-28(21-19-25)27-15-11-8-12-16-27/h7-16,18-21,24,29-31H,5-6,17,22-23H2,1-4H3,(H,37,41)(H,38,42)(H,43,44)/t24-,29+,30?,31-/m1/s1. The van der Waals surface area contributed by atoms with Gasteiger partial charge in [-0.25, -0.2) is 9.59 Å². The van der Waals surface area contributed by atoms with Crippen LogP contribution >= 0.6 is 0 Å². The van der Waals surface area contributed by atoms with E-state index in [0.717, 1.165) is 28.7 Å². The zero-order valence-electron chi connectivity index (χ0n) is 26.4. The number of Topliss-reactive ketones (excluding diaryl/α,β-unsaturated/α-hetero) is 1. The molecule has 1 fully saturated rings. The van der Waals surface area contributed by atoms with E-state index in [9.17, 15) is 24.3 Å². The third kappa shape index (κ3) is 8.29. The van der Waals surface area contributed by atoms with E-state index in [2.05, 4.69) is 10.6 Å². The zero-order chi connectivity index (χ0) is 32.6. The van der Waals surface area contributed by atoms with Gasteiger partial charge in [0.05, 0.1) is 12.6 Å². The van der Waals surface area contributed by atoms with Crippen LogP contribution in [0.2, 0.25) is 0 Å². The lowest BCUT2D eigenvalue weighted by atomic mass is 9.79. The Hall–Kier alpha value is -4.66. The highest BCUT2D eigenvalue weighted by atomic mass is 16.6. The van der Waals surface area contributed by atoms with Crippen molar-refractivity contribution in [1.29, 1.82) is 0 Å². The van der Waals surface area contributed by atoms with Crippen molar-refractivity contribution < 1.29 is 29.0 Å². The lowest BCUT2D eigenvalue weighted by molar-refractivity contribution is -0.139. The van der Waals surface area contributed by atoms with Crippen LogP contribution in [0.15, 0.2) is 84.9 Å². The molecule has 1 aliphatic heterocycles. The third-order valence-corrected chi connectivity index (χ3v) is 8.74. The van der Waals surface area contributed by atoms with Crippen LogP contribution in [0.25, 0.3) is 11.1 Å². The van der Waals surface area contributed by atoms with E-state index in [1.165, 1.54) is 4.90 Å². The van der Waals surface area contributed by atoms with Crippen LogP contribution < -0.4 is 10.6 Å². The van der Waals surface area contributed by atoms with E-state index in [-0.39, 0.29) is 13.0 Å². The van der Waals surface area contributed by atoms with Crippen molar-refractivity contribution in [1.82, 2.24) is 15.5 Å². The minimum atomic E-state index is -1.10. The second-order valence-electron chi connectivity index (χ2n) is 12.2. The summed E-state index contributed by atoms with van der Waals surface area (Å²) in [5.41, 5.74) is 3.23. The summed E-state index contributed by atoms with van der Waals surface area (Å²) < 4.78 is 5.80. The van der Waals surface area contributed by atoms with Gasteiger partial charge in [0.15, 0.2) is 0 Å². The van der Waals surface area contributed by atoms with Gasteiger partial charge in [-0.1, -0.05) is 119 Å². The Bertz CT molecular complexity index is 1460. The Kier molecular flexibility index (Phi) is 11.0. The number of nitrogens with zero attached hydrogens (tertiary/aromatic N) is 1. The van der Waals surface area contributed by atoms with Gasteiger partial charge in [-0.15, -0.1) is 0 Å². The zero-order valence-corrected chi connectivity index (χ0v) is 26.4. The number of benzene rings is 3. The second kappa shape index (κ2) is 14.9. The highest BCUT2D eigenvalue weighted by Gasteiger charge is 2.52. The summed E-state index contributed by atoms with van der Waals surface area (Å²) in [6, 6.07) is 25.4. The molecule has 3 aromatic rings. The molecule has 4 rings (SSSR count). The maximum absolute atomic E-state index is 13.2. The first kappa shape index (κ1) is 33.2. The van der Waals surface area contributed by atoms with Gasteiger partial charge in [0, 0.05) is 11.5 Å². The average Bonchev–Trinajstić information content (AvgIpc) is 3.28. The number of amides is 3. The molecular weight excluding hydrogens is 570 g/mol. The number of hydrogen-bond acceptors (Lipinski definition) is 5. The number of alkyl carbamates (subject to hydrolysis) is 1. The van der Waals surface area contributed by atoms with Gasteiger partial charge in [0.25, 0.3) is 5.91 Å². The SMILES string of the molecule is CCCC[C@H](NC(=O)O[C@@H]1CN(C(=O)O)C(Cc2ccc(-c3ccccc3)cc2)C1(C)C)C(=O)C(=O)N[C@H](C)c1ccccc1. The van der Waals surface area contributed by atoms with Crippen LogP contribution in [0.1, 0.15) is 64.1 Å². The molecule has 0 radical (unpaired) electrons. The van der Waals surface area contributed by atoms with Gasteiger partial charge in [-0.3, -0.25) is 9.59 Å². The molecule has 0 bridgehead atoms. The molecule has 4 atom stereocenters. The minimum Gasteiger partial charge on any atom is -0.465 e. The van der Waals surface area contributed by atoms with Gasteiger partial charge < -0.3 is 25.4 Å². The van der Waals surface area contributed by atoms with Gasteiger partial charge in [0.2, 0.25) is 5.78 Å². The lowest BCUT2D eigenvalue weighted by Gasteiger charge is -2.33. The summed E-state index contributed by atoms with van der Waals surface area (Å²) in [7, 11) is 0. The average molecular weight is 614 g/mol. The molecule has 1 saturated heterocycles. The second-order valence-corrected chi connectivity index (χ2v) is 12.2. The molecule has 0 saturated carbocycles. The number of carbonyl (C=O) groups excluding carboxylic acids is 3. The Morgan fingerprint density at radius 2 is 1.51 bits per heavy atom. The fraction of sp³-hybridized carbons (Fsp3) is 0.389. The number of carboxylic acid groups (broad SMARTS) is 1. The maximum Gasteiger partial charge on any atom is 0.408 e. The molecule has 1 heterocycles. The highest BCUT2D eigenvalue weighted by molar-refractivity contribution is 6.38. The molecule has 0 aromatic heterocycles. The molecule has 0 aliphatic carbocycles. The van der Waals surface area contributed by atoms with Crippen molar-refractivity contribution in [2.75, 3.05) is 6.54 Å². The Morgan fingerprint density at radius 1 is 0.911 bits per heavy atom. The van der Waals surface area contributed by atoms with E-state index >= 15 is 0 Å². The van der Waals surface area contributed by atoms with Crippen molar-refractivity contribution in [2.24, 2.45) is 5.41 Å². The maximum atomic E-state index is 13.2. The van der Waals surface area contributed by atoms with Crippen molar-refractivity contribution >= 4 is 23.9 Å². The van der Waals surface area contributed by atoms with Crippen LogP contribution in [0.5, 0.6) is 0 Å². The Labute approximate surface area is 265 Å². The number of hydrogen-bond donors (Lipinski definition) is 3. The molecule has 3 aromatic carbocycles. The van der Waals surface area contributed by atoms with Crippen LogP contribution in [0.3, 0.4) is 0 Å². The van der Waals surface area contributed by atoms with Gasteiger partial charge in [0.1, 0.15) is 12.1 Å². The first-order valence-electron chi connectivity index (χ1n) is 15.5. The molecule has 3 N–H and O–H groups in total. The molecule has 45 heavy (non-hydrogen) atoms. The van der Waals surface area contributed by atoms with E-state index < -0.39 is 53.5 Å². The minimum absolute atomic E-state index is 0.00876. The summed E-state index contributed by atoms with van der Waals surface area (Å²) >= 11 is 0. The first-order valence-corrected chi connectivity index (χ1v) is 15.5. The number of ketones is 1. The van der Waals surface area contributed by atoms with E-state index in [0.29, 0.717) is 12.8 Å². The molecule has 1 unspecified atom stereocenters. The Balaban J connectivity index is 1.42. The van der Waals surface area contributed by atoms with Crippen molar-refractivity contribution in [2.45, 2.75) is 77.6 Å². The van der Waals surface area contributed by atoms with E-state index in [1.54, 1.807) is 6.92 Å². The fourth-order valence-electron chi connectivity index (χ4n) is 5.85. The first-order chi connectivity index (χ1) is 21.5. The van der Waals surface area contributed by atoms with Gasteiger partial charge >= 0.3 is 12.2 Å². The van der Waals surface area contributed by atoms with E-state index in [4.69, 9.17) is 4.74 Å². The lowest BCUT2D eigenvalue weighted by Crippen LogP contribution is -2.49. The smallest absolute Gasteiger partial charge is 0.408 e. The largest absolute Gasteiger partial charge is 0.465 e. The number of likely N-dealkylation sites (tertiary alicyclic amines) is 1. The predicted octanol–water partition coefficient (Wildman–Crippen LogP) is 6.38. The normalized spacial score (nSPS) is 18.4. The van der Waals surface area contributed by atoms with Gasteiger partial charge in [-0.05, 0) is 42.0 Å². The number of carbonyl (C=O) groups is 4. The van der Waals surface area contributed by atoms with Crippen LogP contribution in [0.4, 0.5) is 9.59 Å². The quantitative estimate of drug-likeness (QED) is 0.204. The topological polar surface area (TPSA) is 125 Å². The summed E-state index contributed by atoms with van der Waals surface area (Å²) in [4.78, 5) is 52.8. The van der Waals surface area contributed by atoms with Crippen LogP contribution in [-0.2, 0) is 20.7 Å². The van der Waals surface area contributed by atoms with Crippen molar-refractivity contribution in [3.8, 4) is 11.1 Å². The number of unbranched alkanes of at least 4 members (excludes halogenated alkanes) is 1. The monoisotopic (exact) mass is 613 g/mol. The molecule has 3 amide bonds. The molecule has 238 valence electrons. The molecule has 0 spiro atoms. The summed E-state index contributed by atoms with van der Waals surface area (Å²) in [5.74, 6) is -1.54.